The first kappa shape index (κ1) is 31.5. The Morgan fingerprint density at radius 2 is 1.84 bits per heavy atom. The van der Waals surface area contributed by atoms with Crippen LogP contribution in [0.2, 0.25) is 0 Å². The molecule has 4 rings (SSSR count). The topological polar surface area (TPSA) is 115 Å². The summed E-state index contributed by atoms with van der Waals surface area (Å²) in [6, 6.07) is 14.4. The van der Waals surface area contributed by atoms with E-state index in [0.717, 1.165) is 11.1 Å². The number of hydrogen-bond donors (Lipinski definition) is 2. The summed E-state index contributed by atoms with van der Waals surface area (Å²) in [6.07, 6.45) is 0.825. The molecular weight excluding hydrogens is 555 g/mol. The summed E-state index contributed by atoms with van der Waals surface area (Å²) in [5.41, 5.74) is 1.79. The molecule has 11 nitrogen and oxygen atoms in total. The van der Waals surface area contributed by atoms with Crippen molar-refractivity contribution in [1.29, 1.82) is 0 Å². The summed E-state index contributed by atoms with van der Waals surface area (Å²) < 4.78 is 18.3. The lowest BCUT2D eigenvalue weighted by Gasteiger charge is -2.54. The molecule has 2 heterocycles. The maximum atomic E-state index is 13.9. The fourth-order valence-corrected chi connectivity index (χ4v) is 5.50. The molecule has 12 heteroatoms. The van der Waals surface area contributed by atoms with Crippen molar-refractivity contribution in [2.24, 2.45) is 0 Å². The third-order valence-electron chi connectivity index (χ3n) is 7.62. The highest BCUT2D eigenvalue weighted by Crippen LogP contribution is 2.29. The van der Waals surface area contributed by atoms with Crippen LogP contribution in [0.1, 0.15) is 36.8 Å². The van der Waals surface area contributed by atoms with Gasteiger partial charge in [-0.2, -0.15) is 0 Å². The Morgan fingerprint density at radius 3 is 2.53 bits per heavy atom. The van der Waals surface area contributed by atoms with E-state index in [1.54, 1.807) is 29.1 Å². The molecule has 43 heavy (non-hydrogen) atoms. The van der Waals surface area contributed by atoms with Gasteiger partial charge in [0.1, 0.15) is 24.6 Å². The van der Waals surface area contributed by atoms with E-state index in [4.69, 9.17) is 4.74 Å². The van der Waals surface area contributed by atoms with E-state index in [9.17, 15) is 23.6 Å². The highest BCUT2D eigenvalue weighted by molar-refractivity contribution is 5.91. The second kappa shape index (κ2) is 14.6. The van der Waals surface area contributed by atoms with Gasteiger partial charge in [-0.05, 0) is 42.0 Å². The van der Waals surface area contributed by atoms with Crippen LogP contribution in [0.5, 0.6) is 0 Å². The average Bonchev–Trinajstić information content (AvgIpc) is 2.99. The molecule has 230 valence electrons. The standard InChI is InChI=1S/C31H39FN6O5/c1-4-17-43-31(42)33-16-8-11-26-29(40)36(19-22(2)24-9-6-5-7-10-24)20-27-37(26)28(39)21-35(3)38(27)30(41)34-18-23-12-14-25(32)15-13-23/h4-7,9-10,12-15,22,26-27H,1,8,11,16-21H2,2-3H3,(H,33,42)(H,34,41)/t22?,26-,27-/m0/s1. The van der Waals surface area contributed by atoms with Gasteiger partial charge in [-0.3, -0.25) is 9.59 Å². The number of likely N-dealkylation sites (N-methyl/N-ethyl adjacent to an activating group) is 1. The van der Waals surface area contributed by atoms with E-state index in [1.807, 2.05) is 37.3 Å². The van der Waals surface area contributed by atoms with Crippen molar-refractivity contribution >= 4 is 23.9 Å². The van der Waals surface area contributed by atoms with Gasteiger partial charge in [0.2, 0.25) is 11.8 Å². The van der Waals surface area contributed by atoms with Gasteiger partial charge in [0.05, 0.1) is 13.1 Å². The quantitative estimate of drug-likeness (QED) is 0.305. The minimum atomic E-state index is -0.818. The summed E-state index contributed by atoms with van der Waals surface area (Å²) in [5, 5.41) is 8.56. The van der Waals surface area contributed by atoms with Gasteiger partial charge < -0.3 is 25.2 Å². The highest BCUT2D eigenvalue weighted by Gasteiger charge is 2.50. The van der Waals surface area contributed by atoms with Crippen molar-refractivity contribution in [2.75, 3.05) is 39.8 Å². The molecule has 2 aliphatic heterocycles. The van der Waals surface area contributed by atoms with Crippen LogP contribution in [-0.4, -0.2) is 95.8 Å². The largest absolute Gasteiger partial charge is 0.445 e. The van der Waals surface area contributed by atoms with Gasteiger partial charge in [-0.25, -0.2) is 24.0 Å². The molecule has 2 fully saturated rings. The van der Waals surface area contributed by atoms with Crippen LogP contribution >= 0.6 is 0 Å². The predicted molar refractivity (Wildman–Crippen MR) is 158 cm³/mol. The summed E-state index contributed by atoms with van der Waals surface area (Å²) >= 11 is 0. The number of amides is 5. The fraction of sp³-hybridized carbons (Fsp3) is 0.419. The van der Waals surface area contributed by atoms with E-state index < -0.39 is 24.3 Å². The van der Waals surface area contributed by atoms with Gasteiger partial charge >= 0.3 is 12.1 Å². The molecule has 0 bridgehead atoms. The lowest BCUT2D eigenvalue weighted by atomic mass is 9.97. The number of carbonyl (C=O) groups is 4. The SMILES string of the molecule is C=CCOC(=O)NCCC[C@H]1C(=O)N(CC(C)c2ccccc2)C[C@H]2N1C(=O)CN(C)N2C(=O)NCc1ccc(F)cc1. The molecular formula is C31H39FN6O5. The molecule has 0 aromatic heterocycles. The van der Waals surface area contributed by atoms with Crippen LogP contribution in [0, 0.1) is 5.82 Å². The average molecular weight is 595 g/mol. The van der Waals surface area contributed by atoms with Crippen LogP contribution in [0.15, 0.2) is 67.3 Å². The Labute approximate surface area is 251 Å². The number of hydrazine groups is 1. The molecule has 0 radical (unpaired) electrons. The number of nitrogens with zero attached hydrogens (tertiary/aromatic N) is 4. The minimum absolute atomic E-state index is 0.0106. The Morgan fingerprint density at radius 1 is 1.12 bits per heavy atom. The third-order valence-corrected chi connectivity index (χ3v) is 7.62. The molecule has 5 amide bonds. The number of carbonyl (C=O) groups excluding carboxylic acids is 4. The monoisotopic (exact) mass is 594 g/mol. The number of alkyl carbamates (subject to hydrolysis) is 1. The number of nitrogens with one attached hydrogen (secondary N) is 2. The number of ether oxygens (including phenoxy) is 1. The van der Waals surface area contributed by atoms with Gasteiger partial charge in [-0.15, -0.1) is 0 Å². The van der Waals surface area contributed by atoms with Gasteiger partial charge in [0.25, 0.3) is 0 Å². The minimum Gasteiger partial charge on any atom is -0.445 e. The first-order valence-corrected chi connectivity index (χ1v) is 14.4. The molecule has 0 saturated carbocycles. The van der Waals surface area contributed by atoms with Crippen LogP contribution < -0.4 is 10.6 Å². The van der Waals surface area contributed by atoms with Crippen LogP contribution in [0.25, 0.3) is 0 Å². The molecule has 0 aliphatic carbocycles. The smallest absolute Gasteiger partial charge is 0.407 e. The van der Waals surface area contributed by atoms with Gasteiger partial charge in [-0.1, -0.05) is 62.0 Å². The molecule has 2 aromatic carbocycles. The van der Waals surface area contributed by atoms with E-state index in [-0.39, 0.29) is 62.8 Å². The van der Waals surface area contributed by atoms with Crippen molar-refractivity contribution in [2.45, 2.75) is 44.4 Å². The van der Waals surface area contributed by atoms with E-state index in [2.05, 4.69) is 17.2 Å². The van der Waals surface area contributed by atoms with Gasteiger partial charge in [0.15, 0.2) is 0 Å². The van der Waals surface area contributed by atoms with Gasteiger partial charge in [0, 0.05) is 26.7 Å². The number of urea groups is 1. The molecule has 2 saturated heterocycles. The zero-order valence-corrected chi connectivity index (χ0v) is 24.6. The van der Waals surface area contributed by atoms with Crippen LogP contribution in [-0.2, 0) is 20.9 Å². The number of rotatable bonds is 11. The number of halogens is 1. The Hall–Kier alpha value is -4.45. The van der Waals surface area contributed by atoms with Crippen molar-refractivity contribution in [1.82, 2.24) is 30.5 Å². The Bertz CT molecular complexity index is 1290. The number of piperazine rings is 1. The molecule has 1 unspecified atom stereocenters. The molecule has 2 aromatic rings. The summed E-state index contributed by atoms with van der Waals surface area (Å²) in [7, 11) is 1.66. The second-order valence-corrected chi connectivity index (χ2v) is 10.8. The van der Waals surface area contributed by atoms with E-state index in [0.29, 0.717) is 13.0 Å². The van der Waals surface area contributed by atoms with Crippen LogP contribution in [0.3, 0.4) is 0 Å². The first-order chi connectivity index (χ1) is 20.7. The van der Waals surface area contributed by atoms with Crippen molar-refractivity contribution in [3.63, 3.8) is 0 Å². The normalized spacial score (nSPS) is 19.5. The fourth-order valence-electron chi connectivity index (χ4n) is 5.50. The Kier molecular flexibility index (Phi) is 10.7. The van der Waals surface area contributed by atoms with Crippen molar-refractivity contribution in [3.05, 3.63) is 84.2 Å². The maximum Gasteiger partial charge on any atom is 0.407 e. The Balaban J connectivity index is 1.53. The van der Waals surface area contributed by atoms with Crippen LogP contribution in [0.4, 0.5) is 14.0 Å². The molecule has 2 aliphatic rings. The number of benzene rings is 2. The number of fused-ring (bicyclic) bond motifs is 1. The first-order valence-electron chi connectivity index (χ1n) is 14.4. The summed E-state index contributed by atoms with van der Waals surface area (Å²) in [5.74, 6) is -0.816. The predicted octanol–water partition coefficient (Wildman–Crippen LogP) is 3.06. The van der Waals surface area contributed by atoms with E-state index >= 15 is 0 Å². The number of hydrogen-bond acceptors (Lipinski definition) is 6. The lowest BCUT2D eigenvalue weighted by Crippen LogP contribution is -2.76. The summed E-state index contributed by atoms with van der Waals surface area (Å²) in [6.45, 7) is 6.49. The second-order valence-electron chi connectivity index (χ2n) is 10.8. The maximum absolute atomic E-state index is 13.9. The van der Waals surface area contributed by atoms with E-state index in [1.165, 1.54) is 28.1 Å². The zero-order chi connectivity index (χ0) is 30.9. The molecule has 0 spiro atoms. The third kappa shape index (κ3) is 7.89. The summed E-state index contributed by atoms with van der Waals surface area (Å²) in [4.78, 5) is 56.0. The van der Waals surface area contributed by atoms with Crippen molar-refractivity contribution < 1.29 is 28.3 Å². The molecule has 3 atom stereocenters. The lowest BCUT2D eigenvalue weighted by molar-refractivity contribution is -0.187. The zero-order valence-electron chi connectivity index (χ0n) is 24.6. The highest BCUT2D eigenvalue weighted by atomic mass is 19.1. The van der Waals surface area contributed by atoms with Crippen molar-refractivity contribution in [3.8, 4) is 0 Å². The molecule has 2 N–H and O–H groups in total.